The van der Waals surface area contributed by atoms with E-state index >= 15 is 0 Å². The number of fused-ring (bicyclic) bond motifs is 1. The minimum atomic E-state index is -1.17. The predicted octanol–water partition coefficient (Wildman–Crippen LogP) is 2.90. The third-order valence-corrected chi connectivity index (χ3v) is 8.69. The summed E-state index contributed by atoms with van der Waals surface area (Å²) in [6.45, 7) is 12.0. The van der Waals surface area contributed by atoms with E-state index in [9.17, 15) is 19.5 Å². The molecule has 0 aromatic heterocycles. The zero-order chi connectivity index (χ0) is 27.1. The molecule has 0 radical (unpaired) electrons. The van der Waals surface area contributed by atoms with Crippen LogP contribution in [0, 0.1) is 17.8 Å². The molecule has 3 aliphatic rings. The lowest BCUT2D eigenvalue weighted by Gasteiger charge is -2.38. The van der Waals surface area contributed by atoms with Crippen molar-refractivity contribution < 1.29 is 24.2 Å². The molecule has 3 saturated heterocycles. The normalized spacial score (nSPS) is 31.8. The van der Waals surface area contributed by atoms with Crippen LogP contribution < -0.4 is 4.90 Å². The lowest BCUT2D eigenvalue weighted by molar-refractivity contribution is -0.150. The van der Waals surface area contributed by atoms with Gasteiger partial charge in [-0.1, -0.05) is 42.8 Å². The summed E-state index contributed by atoms with van der Waals surface area (Å²) in [5.74, 6) is -2.44. The van der Waals surface area contributed by atoms with Crippen LogP contribution in [-0.4, -0.2) is 83.2 Å². The molecule has 1 spiro atoms. The molecule has 8 nitrogen and oxygen atoms in total. The van der Waals surface area contributed by atoms with Crippen molar-refractivity contribution in [3.63, 3.8) is 0 Å². The molecular weight excluding hydrogens is 494 g/mol. The maximum absolute atomic E-state index is 14.4. The molecule has 2 bridgehead atoms. The van der Waals surface area contributed by atoms with E-state index in [0.717, 1.165) is 0 Å². The third-order valence-electron chi connectivity index (χ3n) is 8.37. The van der Waals surface area contributed by atoms with Gasteiger partial charge in [0.2, 0.25) is 11.8 Å². The highest BCUT2D eigenvalue weighted by molar-refractivity contribution is 6.34. The number of ether oxygens (including phenoxy) is 1. The molecule has 1 N–H and O–H groups in total. The molecule has 3 amide bonds. The fourth-order valence-electron chi connectivity index (χ4n) is 6.65. The number of halogens is 1. The van der Waals surface area contributed by atoms with Crippen molar-refractivity contribution in [2.45, 2.75) is 43.9 Å². The summed E-state index contributed by atoms with van der Waals surface area (Å²) in [4.78, 5) is 46.8. The first kappa shape index (κ1) is 27.4. The van der Waals surface area contributed by atoms with Gasteiger partial charge in [0.1, 0.15) is 11.6 Å². The van der Waals surface area contributed by atoms with E-state index in [1.807, 2.05) is 13.8 Å². The van der Waals surface area contributed by atoms with E-state index in [1.54, 1.807) is 48.4 Å². The van der Waals surface area contributed by atoms with Gasteiger partial charge in [-0.15, -0.1) is 13.2 Å². The molecule has 1 aromatic carbocycles. The second-order valence-electron chi connectivity index (χ2n) is 10.5. The second-order valence-corrected chi connectivity index (χ2v) is 10.9. The smallest absolute Gasteiger partial charge is 0.253 e. The van der Waals surface area contributed by atoms with Gasteiger partial charge in [-0.2, -0.15) is 0 Å². The number of likely N-dealkylation sites (tertiary alicyclic amines) is 1. The van der Waals surface area contributed by atoms with Crippen molar-refractivity contribution >= 4 is 35.0 Å². The molecular formula is C28H36ClN3O5. The maximum Gasteiger partial charge on any atom is 0.253 e. The Bertz CT molecular complexity index is 1110. The monoisotopic (exact) mass is 529 g/mol. The molecule has 1 aromatic rings. The van der Waals surface area contributed by atoms with Crippen LogP contribution in [0.3, 0.4) is 0 Å². The number of carbonyl (C=O) groups excluding carboxylic acids is 3. The van der Waals surface area contributed by atoms with Crippen LogP contribution in [0.2, 0.25) is 5.02 Å². The van der Waals surface area contributed by atoms with Crippen LogP contribution >= 0.6 is 11.6 Å². The zero-order valence-corrected chi connectivity index (χ0v) is 22.5. The minimum absolute atomic E-state index is 0.0658. The molecule has 0 aliphatic carbocycles. The number of hydrogen-bond donors (Lipinski definition) is 1. The third kappa shape index (κ3) is 4.10. The van der Waals surface area contributed by atoms with Crippen molar-refractivity contribution in [3.05, 3.63) is 54.6 Å². The van der Waals surface area contributed by atoms with Gasteiger partial charge in [-0.05, 0) is 37.8 Å². The summed E-state index contributed by atoms with van der Waals surface area (Å²) in [6, 6.07) is 6.06. The van der Waals surface area contributed by atoms with Crippen LogP contribution in [0.15, 0.2) is 49.6 Å². The average Bonchev–Trinajstić information content (AvgIpc) is 3.37. The van der Waals surface area contributed by atoms with Gasteiger partial charge in [-0.25, -0.2) is 0 Å². The van der Waals surface area contributed by atoms with Crippen molar-refractivity contribution in [3.8, 4) is 0 Å². The fraction of sp³-hybridized carbons (Fsp3) is 0.536. The summed E-state index contributed by atoms with van der Waals surface area (Å²) in [7, 11) is 1.69. The largest absolute Gasteiger partial charge is 0.396 e. The van der Waals surface area contributed by atoms with Crippen LogP contribution in [0.4, 0.5) is 5.69 Å². The van der Waals surface area contributed by atoms with Crippen LogP contribution in [-0.2, 0) is 19.1 Å². The minimum Gasteiger partial charge on any atom is -0.396 e. The van der Waals surface area contributed by atoms with E-state index in [4.69, 9.17) is 16.3 Å². The Labute approximate surface area is 223 Å². The van der Waals surface area contributed by atoms with Crippen molar-refractivity contribution in [2.75, 3.05) is 38.2 Å². The molecule has 3 heterocycles. The number of likely N-dealkylation sites (N-methyl/N-ethyl adjacent to an activating group) is 1. The van der Waals surface area contributed by atoms with Gasteiger partial charge in [0.25, 0.3) is 5.91 Å². The average molecular weight is 530 g/mol. The second kappa shape index (κ2) is 10.2. The molecule has 37 heavy (non-hydrogen) atoms. The summed E-state index contributed by atoms with van der Waals surface area (Å²) >= 11 is 6.49. The lowest BCUT2D eigenvalue weighted by atomic mass is 9.62. The van der Waals surface area contributed by atoms with Gasteiger partial charge in [-0.3, -0.25) is 14.4 Å². The van der Waals surface area contributed by atoms with E-state index in [-0.39, 0.29) is 43.3 Å². The Balaban J connectivity index is 1.84. The Kier molecular flexibility index (Phi) is 7.57. The highest BCUT2D eigenvalue weighted by Crippen LogP contribution is 2.65. The predicted molar refractivity (Wildman–Crippen MR) is 142 cm³/mol. The number of benzene rings is 1. The summed E-state index contributed by atoms with van der Waals surface area (Å²) in [6.07, 6.45) is 4.01. The number of amides is 3. The Morgan fingerprint density at radius 2 is 1.92 bits per heavy atom. The number of para-hydroxylation sites is 1. The van der Waals surface area contributed by atoms with Crippen LogP contribution in [0.1, 0.15) is 26.7 Å². The molecule has 3 unspecified atom stereocenters. The molecule has 0 saturated carbocycles. The topological polar surface area (TPSA) is 90.4 Å². The number of carbonyl (C=O) groups is 3. The van der Waals surface area contributed by atoms with Crippen molar-refractivity contribution in [1.29, 1.82) is 0 Å². The van der Waals surface area contributed by atoms with Gasteiger partial charge in [0.15, 0.2) is 0 Å². The quantitative estimate of drug-likeness (QED) is 0.471. The number of rotatable bonds is 10. The van der Waals surface area contributed by atoms with Gasteiger partial charge < -0.3 is 24.5 Å². The molecule has 3 aliphatic heterocycles. The van der Waals surface area contributed by atoms with Gasteiger partial charge in [0, 0.05) is 33.3 Å². The standard InChI is InChI=1S/C28H36ClN3O5/c1-6-13-30(5)24(34)21-22-25(35)32(15-10-16-33)23(28(22)17-18(3)27(21,4)37-28)26(36)31(14-7-2)20-12-9-8-11-19(20)29/h6-9,11-12,18,21-23,33H,1-2,10,13-17H2,3-5H3/t18?,21-,22+,23?,27+,28?/m1/s1. The molecule has 200 valence electrons. The van der Waals surface area contributed by atoms with Gasteiger partial charge >= 0.3 is 0 Å². The highest BCUT2D eigenvalue weighted by atomic mass is 35.5. The number of hydrogen-bond acceptors (Lipinski definition) is 5. The highest BCUT2D eigenvalue weighted by Gasteiger charge is 2.80. The number of aliphatic hydroxyl groups is 1. The molecule has 6 atom stereocenters. The lowest BCUT2D eigenvalue weighted by Crippen LogP contribution is -2.57. The van der Waals surface area contributed by atoms with Crippen molar-refractivity contribution in [1.82, 2.24) is 9.80 Å². The van der Waals surface area contributed by atoms with Crippen molar-refractivity contribution in [2.24, 2.45) is 17.8 Å². The number of anilines is 1. The summed E-state index contributed by atoms with van der Waals surface area (Å²) in [5.41, 5.74) is -1.57. The summed E-state index contributed by atoms with van der Waals surface area (Å²) in [5, 5.41) is 9.97. The first-order chi connectivity index (χ1) is 17.6. The Hall–Kier alpha value is -2.68. The molecule has 4 rings (SSSR count). The molecule has 9 heteroatoms. The maximum atomic E-state index is 14.4. The fourth-order valence-corrected chi connectivity index (χ4v) is 6.89. The van der Waals surface area contributed by atoms with E-state index in [1.165, 1.54) is 9.80 Å². The van der Waals surface area contributed by atoms with Gasteiger partial charge in [0.05, 0.1) is 28.1 Å². The van der Waals surface area contributed by atoms with Crippen LogP contribution in [0.25, 0.3) is 0 Å². The van der Waals surface area contributed by atoms with E-state index < -0.39 is 29.1 Å². The Morgan fingerprint density at radius 3 is 2.54 bits per heavy atom. The Morgan fingerprint density at radius 1 is 1.24 bits per heavy atom. The van der Waals surface area contributed by atoms with E-state index in [0.29, 0.717) is 30.1 Å². The summed E-state index contributed by atoms with van der Waals surface area (Å²) < 4.78 is 6.75. The van der Waals surface area contributed by atoms with E-state index in [2.05, 4.69) is 13.2 Å². The number of aliphatic hydroxyl groups excluding tert-OH is 1. The first-order valence-electron chi connectivity index (χ1n) is 12.7. The first-order valence-corrected chi connectivity index (χ1v) is 13.1. The SMILES string of the molecule is C=CCN(C)C(=O)[C@H]1[C@H]2C(=O)N(CCCO)C(C(=O)N(CC=C)c3ccccc3Cl)C23CC(C)[C@]1(C)O3. The van der Waals surface area contributed by atoms with Crippen LogP contribution in [0.5, 0.6) is 0 Å². The number of nitrogens with zero attached hydrogens (tertiary/aromatic N) is 3. The molecule has 3 fully saturated rings. The zero-order valence-electron chi connectivity index (χ0n) is 21.7.